The normalized spacial score (nSPS) is 25.1. The van der Waals surface area contributed by atoms with E-state index in [0.29, 0.717) is 6.61 Å². The fraction of sp³-hybridized carbons (Fsp3) is 0.500. The number of nitrogens with zero attached hydrogens (tertiary/aromatic N) is 1. The van der Waals surface area contributed by atoms with Gasteiger partial charge in [0.05, 0.1) is 18.8 Å². The molecule has 0 spiro atoms. The fourth-order valence-electron chi connectivity index (χ4n) is 2.34. The highest BCUT2D eigenvalue weighted by molar-refractivity contribution is 5.81. The molecule has 2 rings (SSSR count). The molecule has 0 saturated carbocycles. The van der Waals surface area contributed by atoms with Gasteiger partial charge in [0.25, 0.3) is 0 Å². The minimum atomic E-state index is 0.0378. The Bertz CT molecular complexity index is 377. The second-order valence-corrected chi connectivity index (χ2v) is 4.72. The van der Waals surface area contributed by atoms with E-state index in [9.17, 15) is 4.79 Å². The molecule has 1 aromatic rings. The van der Waals surface area contributed by atoms with Gasteiger partial charge in [-0.2, -0.15) is 0 Å². The summed E-state index contributed by atoms with van der Waals surface area (Å²) in [6.07, 6.45) is 0.993. The van der Waals surface area contributed by atoms with Gasteiger partial charge in [-0.15, -0.1) is 0 Å². The molecule has 0 N–H and O–H groups in total. The van der Waals surface area contributed by atoms with Crippen LogP contribution in [0.5, 0.6) is 0 Å². The SMILES string of the molecule is CC(=O)[C@@H]1CC(OCc2ccccc2)CN1C. The van der Waals surface area contributed by atoms with Crippen LogP contribution in [0.4, 0.5) is 0 Å². The van der Waals surface area contributed by atoms with Crippen molar-refractivity contribution >= 4 is 5.78 Å². The summed E-state index contributed by atoms with van der Waals surface area (Å²) in [5.74, 6) is 0.235. The molecule has 92 valence electrons. The summed E-state index contributed by atoms with van der Waals surface area (Å²) in [5, 5.41) is 0. The molecule has 3 heteroatoms. The molecule has 1 saturated heterocycles. The number of hydrogen-bond acceptors (Lipinski definition) is 3. The zero-order valence-electron chi connectivity index (χ0n) is 10.4. The molecule has 0 radical (unpaired) electrons. The molecule has 2 atom stereocenters. The van der Waals surface area contributed by atoms with Crippen LogP contribution < -0.4 is 0 Å². The van der Waals surface area contributed by atoms with Gasteiger partial charge in [-0.1, -0.05) is 30.3 Å². The number of likely N-dealkylation sites (tertiary alicyclic amines) is 1. The topological polar surface area (TPSA) is 29.5 Å². The maximum absolute atomic E-state index is 11.4. The smallest absolute Gasteiger partial charge is 0.146 e. The first-order valence-electron chi connectivity index (χ1n) is 6.03. The number of benzene rings is 1. The van der Waals surface area contributed by atoms with Gasteiger partial charge >= 0.3 is 0 Å². The van der Waals surface area contributed by atoms with Crippen molar-refractivity contribution in [3.8, 4) is 0 Å². The number of hydrogen-bond donors (Lipinski definition) is 0. The molecular formula is C14H19NO2. The second kappa shape index (κ2) is 5.43. The third kappa shape index (κ3) is 3.14. The van der Waals surface area contributed by atoms with E-state index in [4.69, 9.17) is 4.74 Å². The number of likely N-dealkylation sites (N-methyl/N-ethyl adjacent to an activating group) is 1. The maximum atomic E-state index is 11.4. The molecule has 1 aliphatic heterocycles. The van der Waals surface area contributed by atoms with E-state index in [1.54, 1.807) is 6.92 Å². The monoisotopic (exact) mass is 233 g/mol. The van der Waals surface area contributed by atoms with Crippen LogP contribution in [0.1, 0.15) is 18.9 Å². The molecule has 0 aromatic heterocycles. The van der Waals surface area contributed by atoms with Gasteiger partial charge in [-0.05, 0) is 26.0 Å². The van der Waals surface area contributed by atoms with Crippen LogP contribution in [0.25, 0.3) is 0 Å². The second-order valence-electron chi connectivity index (χ2n) is 4.72. The molecular weight excluding hydrogens is 214 g/mol. The molecule has 0 bridgehead atoms. The third-order valence-corrected chi connectivity index (χ3v) is 3.31. The van der Waals surface area contributed by atoms with Gasteiger partial charge in [-0.3, -0.25) is 9.69 Å². The Morgan fingerprint density at radius 3 is 2.71 bits per heavy atom. The summed E-state index contributed by atoms with van der Waals surface area (Å²) in [4.78, 5) is 13.5. The van der Waals surface area contributed by atoms with Crippen LogP contribution in [0, 0.1) is 0 Å². The van der Waals surface area contributed by atoms with Crippen LogP contribution in [-0.2, 0) is 16.1 Å². The Hall–Kier alpha value is -1.19. The minimum Gasteiger partial charge on any atom is -0.372 e. The lowest BCUT2D eigenvalue weighted by Gasteiger charge is -2.14. The van der Waals surface area contributed by atoms with E-state index in [-0.39, 0.29) is 17.9 Å². The van der Waals surface area contributed by atoms with Crippen LogP contribution in [-0.4, -0.2) is 36.4 Å². The van der Waals surface area contributed by atoms with E-state index in [1.807, 2.05) is 25.2 Å². The lowest BCUT2D eigenvalue weighted by molar-refractivity contribution is -0.120. The number of rotatable bonds is 4. The molecule has 3 nitrogen and oxygen atoms in total. The van der Waals surface area contributed by atoms with Crippen LogP contribution in [0.2, 0.25) is 0 Å². The highest BCUT2D eigenvalue weighted by atomic mass is 16.5. The molecule has 1 heterocycles. The summed E-state index contributed by atoms with van der Waals surface area (Å²) in [7, 11) is 1.98. The quantitative estimate of drug-likeness (QED) is 0.795. The standard InChI is InChI=1S/C14H19NO2/c1-11(16)14-8-13(9-15(14)2)17-10-12-6-4-3-5-7-12/h3-7,13-14H,8-10H2,1-2H3/t13?,14-/m0/s1. The predicted octanol–water partition coefficient (Wildman–Crippen LogP) is 1.86. The van der Waals surface area contributed by atoms with E-state index < -0.39 is 0 Å². The molecule has 1 aliphatic rings. The molecule has 0 aliphatic carbocycles. The zero-order valence-corrected chi connectivity index (χ0v) is 10.4. The highest BCUT2D eigenvalue weighted by Gasteiger charge is 2.32. The van der Waals surface area contributed by atoms with Crippen molar-refractivity contribution < 1.29 is 9.53 Å². The van der Waals surface area contributed by atoms with Gasteiger partial charge < -0.3 is 4.74 Å². The van der Waals surface area contributed by atoms with Crippen molar-refractivity contribution in [2.75, 3.05) is 13.6 Å². The van der Waals surface area contributed by atoms with Crippen LogP contribution in [0.3, 0.4) is 0 Å². The average Bonchev–Trinajstić information content (AvgIpc) is 2.69. The van der Waals surface area contributed by atoms with Gasteiger partial charge in [0.2, 0.25) is 0 Å². The van der Waals surface area contributed by atoms with Crippen molar-refractivity contribution in [1.29, 1.82) is 0 Å². The zero-order chi connectivity index (χ0) is 12.3. The fourth-order valence-corrected chi connectivity index (χ4v) is 2.34. The number of ketones is 1. The molecule has 1 fully saturated rings. The van der Waals surface area contributed by atoms with Crippen LogP contribution in [0.15, 0.2) is 30.3 Å². The summed E-state index contributed by atoms with van der Waals surface area (Å²) in [6, 6.07) is 10.2. The van der Waals surface area contributed by atoms with E-state index in [2.05, 4.69) is 17.0 Å². The first kappa shape index (κ1) is 12.3. The molecule has 0 amide bonds. The van der Waals surface area contributed by atoms with Crippen LogP contribution >= 0.6 is 0 Å². The maximum Gasteiger partial charge on any atom is 0.146 e. The van der Waals surface area contributed by atoms with Gasteiger partial charge in [0.15, 0.2) is 0 Å². The van der Waals surface area contributed by atoms with Gasteiger partial charge in [0.1, 0.15) is 5.78 Å². The molecule has 1 aromatic carbocycles. The summed E-state index contributed by atoms with van der Waals surface area (Å²) in [6.45, 7) is 3.13. The lowest BCUT2D eigenvalue weighted by Crippen LogP contribution is -2.30. The summed E-state index contributed by atoms with van der Waals surface area (Å²) >= 11 is 0. The first-order chi connectivity index (χ1) is 8.16. The van der Waals surface area contributed by atoms with Gasteiger partial charge in [0, 0.05) is 6.54 Å². The van der Waals surface area contributed by atoms with E-state index >= 15 is 0 Å². The van der Waals surface area contributed by atoms with E-state index in [0.717, 1.165) is 13.0 Å². The molecule has 1 unspecified atom stereocenters. The Labute approximate surface area is 102 Å². The van der Waals surface area contributed by atoms with Crippen molar-refractivity contribution in [1.82, 2.24) is 4.90 Å². The molecule has 17 heavy (non-hydrogen) atoms. The number of carbonyl (C=O) groups is 1. The summed E-state index contributed by atoms with van der Waals surface area (Å²) < 4.78 is 5.85. The Morgan fingerprint density at radius 2 is 2.12 bits per heavy atom. The first-order valence-corrected chi connectivity index (χ1v) is 6.03. The van der Waals surface area contributed by atoms with E-state index in [1.165, 1.54) is 5.56 Å². The predicted molar refractivity (Wildman–Crippen MR) is 66.7 cm³/mol. The Balaban J connectivity index is 1.84. The Kier molecular flexibility index (Phi) is 3.92. The van der Waals surface area contributed by atoms with Crippen molar-refractivity contribution in [3.63, 3.8) is 0 Å². The average molecular weight is 233 g/mol. The van der Waals surface area contributed by atoms with Gasteiger partial charge in [-0.25, -0.2) is 0 Å². The number of Topliss-reactive ketones (excluding diaryl/α,β-unsaturated/α-hetero) is 1. The van der Waals surface area contributed by atoms with Crippen molar-refractivity contribution in [2.45, 2.75) is 32.1 Å². The minimum absolute atomic E-state index is 0.0378. The number of carbonyl (C=O) groups excluding carboxylic acids is 1. The number of ether oxygens (including phenoxy) is 1. The van der Waals surface area contributed by atoms with Crippen molar-refractivity contribution in [3.05, 3.63) is 35.9 Å². The lowest BCUT2D eigenvalue weighted by atomic mass is 10.1. The highest BCUT2D eigenvalue weighted by Crippen LogP contribution is 2.20. The third-order valence-electron chi connectivity index (χ3n) is 3.31. The Morgan fingerprint density at radius 1 is 1.41 bits per heavy atom. The van der Waals surface area contributed by atoms with Crippen molar-refractivity contribution in [2.24, 2.45) is 0 Å². The summed E-state index contributed by atoms with van der Waals surface area (Å²) in [5.41, 5.74) is 1.18. The largest absolute Gasteiger partial charge is 0.372 e.